The van der Waals surface area contributed by atoms with Crippen molar-refractivity contribution >= 4 is 11.6 Å². The molecule has 1 heterocycles. The van der Waals surface area contributed by atoms with Gasteiger partial charge in [0.2, 0.25) is 0 Å². The number of halogens is 3. The molecule has 0 aliphatic carbocycles. The fourth-order valence-corrected chi connectivity index (χ4v) is 1.95. The summed E-state index contributed by atoms with van der Waals surface area (Å²) in [7, 11) is 0. The highest BCUT2D eigenvalue weighted by Gasteiger charge is 2.25. The van der Waals surface area contributed by atoms with Gasteiger partial charge in [0.05, 0.1) is 16.9 Å². The standard InChI is InChI=1S/C14H12ClF2NO/c1-14(19,13-5-3-10(16)8-18-13)7-9-2-4-11(15)12(17)6-9/h2-6,8,19H,7H2,1H3. The molecule has 0 radical (unpaired) electrons. The molecule has 1 unspecified atom stereocenters. The number of pyridine rings is 1. The maximum absolute atomic E-state index is 13.3. The van der Waals surface area contributed by atoms with Crippen LogP contribution in [0.4, 0.5) is 8.78 Å². The topological polar surface area (TPSA) is 33.1 Å². The molecular formula is C14H12ClF2NO. The Morgan fingerprint density at radius 2 is 2.00 bits per heavy atom. The number of aromatic nitrogens is 1. The van der Waals surface area contributed by atoms with Gasteiger partial charge in [-0.15, -0.1) is 0 Å². The van der Waals surface area contributed by atoms with E-state index in [1.807, 2.05) is 0 Å². The van der Waals surface area contributed by atoms with Crippen LogP contribution in [0.1, 0.15) is 18.2 Å². The van der Waals surface area contributed by atoms with Crippen molar-refractivity contribution in [3.63, 3.8) is 0 Å². The van der Waals surface area contributed by atoms with Crippen molar-refractivity contribution in [2.24, 2.45) is 0 Å². The molecule has 0 aliphatic heterocycles. The van der Waals surface area contributed by atoms with Crippen molar-refractivity contribution in [1.29, 1.82) is 0 Å². The van der Waals surface area contributed by atoms with Crippen LogP contribution in [0.15, 0.2) is 36.5 Å². The fraction of sp³-hybridized carbons (Fsp3) is 0.214. The number of benzene rings is 1. The van der Waals surface area contributed by atoms with E-state index < -0.39 is 17.2 Å². The second-order valence-corrected chi connectivity index (χ2v) is 4.97. The van der Waals surface area contributed by atoms with E-state index in [0.717, 1.165) is 6.20 Å². The summed E-state index contributed by atoms with van der Waals surface area (Å²) in [6.07, 6.45) is 1.19. The van der Waals surface area contributed by atoms with Gasteiger partial charge in [0.1, 0.15) is 17.2 Å². The number of aliphatic hydroxyl groups is 1. The molecule has 2 rings (SSSR count). The van der Waals surface area contributed by atoms with Crippen LogP contribution in [0.25, 0.3) is 0 Å². The van der Waals surface area contributed by atoms with Crippen molar-refractivity contribution in [1.82, 2.24) is 4.98 Å². The van der Waals surface area contributed by atoms with Crippen LogP contribution in [-0.2, 0) is 12.0 Å². The van der Waals surface area contributed by atoms with Crippen molar-refractivity contribution in [2.45, 2.75) is 18.9 Å². The second kappa shape index (κ2) is 5.23. The normalized spacial score (nSPS) is 14.2. The Kier molecular flexibility index (Phi) is 3.83. The smallest absolute Gasteiger partial charge is 0.142 e. The largest absolute Gasteiger partial charge is 0.383 e. The number of nitrogens with zero attached hydrogens (tertiary/aromatic N) is 1. The summed E-state index contributed by atoms with van der Waals surface area (Å²) in [6, 6.07) is 6.95. The van der Waals surface area contributed by atoms with Crippen LogP contribution in [0.3, 0.4) is 0 Å². The Morgan fingerprint density at radius 3 is 2.58 bits per heavy atom. The molecule has 0 bridgehead atoms. The Labute approximate surface area is 114 Å². The molecule has 0 fully saturated rings. The van der Waals surface area contributed by atoms with E-state index in [9.17, 15) is 13.9 Å². The lowest BCUT2D eigenvalue weighted by Crippen LogP contribution is -2.25. The molecule has 2 aromatic rings. The minimum absolute atomic E-state index is 0.0308. The third-order valence-electron chi connectivity index (χ3n) is 2.81. The molecular weight excluding hydrogens is 272 g/mol. The molecule has 5 heteroatoms. The molecule has 0 aliphatic rings. The number of hydrogen-bond donors (Lipinski definition) is 1. The summed E-state index contributed by atoms with van der Waals surface area (Å²) in [5, 5.41) is 10.4. The molecule has 0 saturated carbocycles. The molecule has 1 aromatic heterocycles. The molecule has 0 amide bonds. The second-order valence-electron chi connectivity index (χ2n) is 4.56. The summed E-state index contributed by atoms with van der Waals surface area (Å²) >= 11 is 5.59. The average Bonchev–Trinajstić information content (AvgIpc) is 2.34. The van der Waals surface area contributed by atoms with E-state index in [1.165, 1.54) is 24.3 Å². The van der Waals surface area contributed by atoms with E-state index in [1.54, 1.807) is 13.0 Å². The predicted octanol–water partition coefficient (Wildman–Crippen LogP) is 3.46. The predicted molar refractivity (Wildman–Crippen MR) is 68.9 cm³/mol. The van der Waals surface area contributed by atoms with Crippen molar-refractivity contribution in [3.05, 3.63) is 64.4 Å². The van der Waals surface area contributed by atoms with Crippen LogP contribution in [0.5, 0.6) is 0 Å². The third kappa shape index (κ3) is 3.28. The first-order valence-corrected chi connectivity index (χ1v) is 6.04. The molecule has 1 aromatic carbocycles. The SMILES string of the molecule is CC(O)(Cc1ccc(Cl)c(F)c1)c1ccc(F)cn1. The van der Waals surface area contributed by atoms with Gasteiger partial charge in [-0.3, -0.25) is 4.98 Å². The van der Waals surface area contributed by atoms with Crippen LogP contribution in [0, 0.1) is 11.6 Å². The van der Waals surface area contributed by atoms with Gasteiger partial charge in [0.25, 0.3) is 0 Å². The van der Waals surface area contributed by atoms with Gasteiger partial charge >= 0.3 is 0 Å². The van der Waals surface area contributed by atoms with Gasteiger partial charge < -0.3 is 5.11 Å². The van der Waals surface area contributed by atoms with Gasteiger partial charge in [0.15, 0.2) is 0 Å². The fourth-order valence-electron chi connectivity index (χ4n) is 1.83. The van der Waals surface area contributed by atoms with Crippen molar-refractivity contribution in [2.75, 3.05) is 0 Å². The summed E-state index contributed by atoms with van der Waals surface area (Å²) in [5.74, 6) is -1.01. The van der Waals surface area contributed by atoms with Gasteiger partial charge in [0, 0.05) is 6.42 Å². The Morgan fingerprint density at radius 1 is 1.26 bits per heavy atom. The molecule has 0 spiro atoms. The Bertz CT molecular complexity index is 584. The highest BCUT2D eigenvalue weighted by molar-refractivity contribution is 6.30. The van der Waals surface area contributed by atoms with Crippen LogP contribution in [-0.4, -0.2) is 10.1 Å². The van der Waals surface area contributed by atoms with Crippen molar-refractivity contribution in [3.8, 4) is 0 Å². The highest BCUT2D eigenvalue weighted by atomic mass is 35.5. The van der Waals surface area contributed by atoms with E-state index in [-0.39, 0.29) is 11.4 Å². The summed E-state index contributed by atoms with van der Waals surface area (Å²) in [6.45, 7) is 1.54. The summed E-state index contributed by atoms with van der Waals surface area (Å²) < 4.78 is 26.1. The lowest BCUT2D eigenvalue weighted by Gasteiger charge is -2.22. The van der Waals surface area contributed by atoms with E-state index in [0.29, 0.717) is 11.3 Å². The zero-order valence-electron chi connectivity index (χ0n) is 10.2. The Balaban J connectivity index is 2.25. The quantitative estimate of drug-likeness (QED) is 0.936. The minimum Gasteiger partial charge on any atom is -0.383 e. The molecule has 0 saturated heterocycles. The van der Waals surface area contributed by atoms with Gasteiger partial charge in [-0.05, 0) is 36.8 Å². The van der Waals surface area contributed by atoms with E-state index in [2.05, 4.69) is 4.98 Å². The average molecular weight is 284 g/mol. The molecule has 19 heavy (non-hydrogen) atoms. The third-order valence-corrected chi connectivity index (χ3v) is 3.12. The van der Waals surface area contributed by atoms with Crippen LogP contribution < -0.4 is 0 Å². The molecule has 2 nitrogen and oxygen atoms in total. The van der Waals surface area contributed by atoms with E-state index in [4.69, 9.17) is 11.6 Å². The summed E-state index contributed by atoms with van der Waals surface area (Å²) in [4.78, 5) is 3.84. The monoisotopic (exact) mass is 283 g/mol. The van der Waals surface area contributed by atoms with Crippen molar-refractivity contribution < 1.29 is 13.9 Å². The van der Waals surface area contributed by atoms with Gasteiger partial charge in [-0.2, -0.15) is 0 Å². The zero-order valence-corrected chi connectivity index (χ0v) is 11.0. The zero-order chi connectivity index (χ0) is 14.0. The van der Waals surface area contributed by atoms with Gasteiger partial charge in [-0.25, -0.2) is 8.78 Å². The van der Waals surface area contributed by atoms with E-state index >= 15 is 0 Å². The minimum atomic E-state index is -1.31. The maximum Gasteiger partial charge on any atom is 0.142 e. The van der Waals surface area contributed by atoms with Gasteiger partial charge in [-0.1, -0.05) is 17.7 Å². The Hall–Kier alpha value is -1.52. The maximum atomic E-state index is 13.3. The lowest BCUT2D eigenvalue weighted by atomic mass is 9.93. The first-order valence-electron chi connectivity index (χ1n) is 5.67. The molecule has 1 atom stereocenters. The highest BCUT2D eigenvalue weighted by Crippen LogP contribution is 2.25. The first-order chi connectivity index (χ1) is 8.88. The summed E-state index contributed by atoms with van der Waals surface area (Å²) in [5.41, 5.74) is -0.407. The number of rotatable bonds is 3. The van der Waals surface area contributed by atoms with Crippen LogP contribution in [0.2, 0.25) is 5.02 Å². The molecule has 100 valence electrons. The van der Waals surface area contributed by atoms with Crippen LogP contribution >= 0.6 is 11.6 Å². The first kappa shape index (κ1) is 13.9. The lowest BCUT2D eigenvalue weighted by molar-refractivity contribution is 0.0528. The number of hydrogen-bond acceptors (Lipinski definition) is 2. The molecule has 1 N–H and O–H groups in total.